The van der Waals surface area contributed by atoms with E-state index in [4.69, 9.17) is 0 Å². The number of esters is 1. The number of halogens is 2. The first kappa shape index (κ1) is 20.7. The summed E-state index contributed by atoms with van der Waals surface area (Å²) in [5.41, 5.74) is 0.0350. The van der Waals surface area contributed by atoms with Crippen LogP contribution in [0.25, 0.3) is 21.5 Å². The van der Waals surface area contributed by atoms with Gasteiger partial charge in [0.15, 0.2) is 16.7 Å². The summed E-state index contributed by atoms with van der Waals surface area (Å²) in [4.78, 5) is 12.4. The van der Waals surface area contributed by atoms with E-state index in [0.717, 1.165) is 0 Å². The Morgan fingerprint density at radius 2 is 1.46 bits per heavy atom. The van der Waals surface area contributed by atoms with E-state index in [-0.39, 0.29) is 35.1 Å². The van der Waals surface area contributed by atoms with Gasteiger partial charge >= 0.3 is 40.8 Å². The number of rotatable bonds is 4. The smallest absolute Gasteiger partial charge is 0.743 e. The quantitative estimate of drug-likeness (QED) is 0.278. The molecule has 3 aromatic carbocycles. The third kappa shape index (κ3) is 3.89. The van der Waals surface area contributed by atoms with Crippen molar-refractivity contribution in [2.75, 3.05) is 6.61 Å². The van der Waals surface area contributed by atoms with Crippen molar-refractivity contribution in [2.24, 2.45) is 0 Å². The predicted octanol–water partition coefficient (Wildman–Crippen LogP) is 0.292. The average molecular weight is 388 g/mol. The van der Waals surface area contributed by atoms with Crippen LogP contribution in [0.15, 0.2) is 54.6 Å². The summed E-state index contributed by atoms with van der Waals surface area (Å²) in [5.74, 6) is -1.13. The molecular weight excluding hydrogens is 377 g/mol. The van der Waals surface area contributed by atoms with Crippen LogP contribution in [0.3, 0.4) is 0 Å². The fourth-order valence-electron chi connectivity index (χ4n) is 2.53. The van der Waals surface area contributed by atoms with Crippen molar-refractivity contribution >= 4 is 37.6 Å². The first-order valence-electron chi connectivity index (χ1n) is 7.11. The van der Waals surface area contributed by atoms with Crippen LogP contribution in [0.1, 0.15) is 10.4 Å². The van der Waals surface area contributed by atoms with Gasteiger partial charge in [0.05, 0.1) is 5.56 Å². The molecule has 0 unspecified atom stereocenters. The fraction of sp³-hybridized carbons (Fsp3) is 0.118. The monoisotopic (exact) mass is 388 g/mol. The van der Waals surface area contributed by atoms with Gasteiger partial charge in [-0.25, -0.2) is 13.2 Å². The summed E-state index contributed by atoms with van der Waals surface area (Å²) >= 11 is 0. The number of hydrogen-bond donors (Lipinski definition) is 0. The van der Waals surface area contributed by atoms with E-state index < -0.39 is 27.9 Å². The molecule has 0 aliphatic rings. The molecule has 0 fully saturated rings. The van der Waals surface area contributed by atoms with E-state index >= 15 is 0 Å². The maximum atomic E-state index is 13.3. The Hall–Kier alpha value is -1.58. The van der Waals surface area contributed by atoms with Gasteiger partial charge in [-0.15, -0.1) is 0 Å². The van der Waals surface area contributed by atoms with E-state index in [0.29, 0.717) is 21.5 Å². The van der Waals surface area contributed by atoms with Gasteiger partial charge in [-0.2, -0.15) is 8.78 Å². The van der Waals surface area contributed by atoms with Crippen molar-refractivity contribution in [1.29, 1.82) is 0 Å². The minimum atomic E-state index is -5.93. The van der Waals surface area contributed by atoms with Crippen LogP contribution in [0.2, 0.25) is 0 Å². The van der Waals surface area contributed by atoms with Crippen LogP contribution in [-0.4, -0.2) is 30.8 Å². The number of fused-ring (bicyclic) bond motifs is 2. The number of hydrogen-bond acceptors (Lipinski definition) is 5. The first-order valence-corrected chi connectivity index (χ1v) is 8.52. The average Bonchev–Trinajstić information content (AvgIpc) is 2.56. The molecule has 5 nitrogen and oxygen atoms in total. The van der Waals surface area contributed by atoms with Crippen molar-refractivity contribution in [3.63, 3.8) is 0 Å². The van der Waals surface area contributed by atoms with Crippen molar-refractivity contribution < 1.29 is 60.8 Å². The summed E-state index contributed by atoms with van der Waals surface area (Å²) in [6.45, 7) is -1.84. The van der Waals surface area contributed by atoms with Crippen molar-refractivity contribution in [1.82, 2.24) is 0 Å². The van der Waals surface area contributed by atoms with Gasteiger partial charge in [0.1, 0.15) is 0 Å². The van der Waals surface area contributed by atoms with Gasteiger partial charge in [0.25, 0.3) is 0 Å². The summed E-state index contributed by atoms with van der Waals surface area (Å²) in [6, 6.07) is 15.4. The number of carbonyl (C=O) groups is 1. The Balaban J connectivity index is 0.00000243. The minimum Gasteiger partial charge on any atom is -0.743 e. The van der Waals surface area contributed by atoms with Gasteiger partial charge < -0.3 is 9.29 Å². The Kier molecular flexibility index (Phi) is 6.04. The Labute approximate surface area is 170 Å². The molecule has 9 heteroatoms. The number of benzene rings is 3. The molecule has 130 valence electrons. The van der Waals surface area contributed by atoms with E-state index in [1.165, 1.54) is 0 Å². The predicted molar refractivity (Wildman–Crippen MR) is 86.4 cm³/mol. The van der Waals surface area contributed by atoms with Crippen molar-refractivity contribution in [2.45, 2.75) is 5.25 Å². The number of ether oxygens (including phenoxy) is 1. The molecule has 0 saturated carbocycles. The van der Waals surface area contributed by atoms with Crippen LogP contribution >= 0.6 is 0 Å². The van der Waals surface area contributed by atoms with Crippen LogP contribution in [-0.2, 0) is 14.9 Å². The molecule has 26 heavy (non-hydrogen) atoms. The standard InChI is InChI=1S/C17H12F2O5S.Na/c18-17(19,25(21,22)23)10-24-16(20)15-13-7-3-1-5-11(13)9-12-6-2-4-8-14(12)15;/h1-9H,10H2,(H,21,22,23);/q;+1/p-1. The van der Waals surface area contributed by atoms with Crippen LogP contribution in [0, 0.1) is 0 Å². The van der Waals surface area contributed by atoms with Gasteiger partial charge in [-0.05, 0) is 27.6 Å². The van der Waals surface area contributed by atoms with Gasteiger partial charge in [-0.3, -0.25) is 0 Å². The summed E-state index contributed by atoms with van der Waals surface area (Å²) < 4.78 is 62.6. The number of carbonyl (C=O) groups excluding carboxylic acids is 1. The van der Waals surface area contributed by atoms with Gasteiger partial charge in [0, 0.05) is 0 Å². The molecule has 3 rings (SSSR count). The maximum Gasteiger partial charge on any atom is 1.00 e. The molecule has 0 amide bonds. The molecular formula is C17H11F2NaO5S. The molecule has 3 aromatic rings. The van der Waals surface area contributed by atoms with Crippen LogP contribution < -0.4 is 29.6 Å². The molecule has 0 aliphatic carbocycles. The largest absolute Gasteiger partial charge is 1.00 e. The molecule has 0 bridgehead atoms. The Morgan fingerprint density at radius 3 is 1.92 bits per heavy atom. The number of alkyl halides is 2. The Morgan fingerprint density at radius 1 is 1.00 bits per heavy atom. The molecule has 0 aliphatic heterocycles. The molecule has 0 heterocycles. The fourth-order valence-corrected chi connectivity index (χ4v) is 2.73. The van der Waals surface area contributed by atoms with Crippen molar-refractivity contribution in [3.8, 4) is 0 Å². The Bertz CT molecular complexity index is 1030. The van der Waals surface area contributed by atoms with E-state index in [2.05, 4.69) is 4.74 Å². The molecule has 0 saturated heterocycles. The minimum absolute atomic E-state index is 0. The first-order chi connectivity index (χ1) is 11.7. The normalized spacial score (nSPS) is 12.0. The molecule has 0 spiro atoms. The zero-order valence-corrected chi connectivity index (χ0v) is 16.4. The van der Waals surface area contributed by atoms with Gasteiger partial charge in [0.2, 0.25) is 0 Å². The van der Waals surface area contributed by atoms with Crippen molar-refractivity contribution in [3.05, 3.63) is 60.2 Å². The third-order valence-corrected chi connectivity index (χ3v) is 4.56. The summed E-state index contributed by atoms with van der Waals surface area (Å²) in [5, 5.41) is -2.37. The van der Waals surface area contributed by atoms with Gasteiger partial charge in [-0.1, -0.05) is 48.5 Å². The molecule has 0 aromatic heterocycles. The zero-order chi connectivity index (χ0) is 18.2. The van der Waals surface area contributed by atoms with E-state index in [1.807, 2.05) is 6.07 Å². The molecule has 0 N–H and O–H groups in total. The van der Waals surface area contributed by atoms with Crippen LogP contribution in [0.5, 0.6) is 0 Å². The second-order valence-electron chi connectivity index (χ2n) is 5.36. The molecule has 0 radical (unpaired) electrons. The van der Waals surface area contributed by atoms with Crippen LogP contribution in [0.4, 0.5) is 8.78 Å². The van der Waals surface area contributed by atoms with E-state index in [9.17, 15) is 26.5 Å². The second-order valence-corrected chi connectivity index (χ2v) is 6.87. The topological polar surface area (TPSA) is 83.5 Å². The SMILES string of the molecule is O=C(OCC(F)(F)S(=O)(=O)[O-])c1c2ccccc2cc2ccccc12.[Na+]. The van der Waals surface area contributed by atoms with E-state index in [1.54, 1.807) is 48.5 Å². The second kappa shape index (κ2) is 7.58. The summed E-state index contributed by atoms with van der Waals surface area (Å²) in [7, 11) is -5.93. The maximum absolute atomic E-state index is 13.3. The third-order valence-electron chi connectivity index (χ3n) is 3.71. The zero-order valence-electron chi connectivity index (χ0n) is 13.6. The summed E-state index contributed by atoms with van der Waals surface area (Å²) in [6.07, 6.45) is 0. The molecule has 0 atom stereocenters.